The molecule has 2 aliphatic rings. The Labute approximate surface area is 188 Å². The van der Waals surface area contributed by atoms with E-state index < -0.39 is 5.97 Å². The largest absolute Gasteiger partial charge is 0.497 e. The summed E-state index contributed by atoms with van der Waals surface area (Å²) in [5, 5.41) is 12.7. The number of aliphatic carboxylic acids is 1. The zero-order chi connectivity index (χ0) is 22.7. The first kappa shape index (κ1) is 22.1. The highest BCUT2D eigenvalue weighted by molar-refractivity contribution is 5.96. The molecule has 1 atom stereocenters. The number of nitrogens with one attached hydrogen (secondary N) is 1. The van der Waals surface area contributed by atoms with Crippen LogP contribution in [0.15, 0.2) is 42.5 Å². The summed E-state index contributed by atoms with van der Waals surface area (Å²) in [4.78, 5) is 26.0. The molecule has 0 saturated heterocycles. The van der Waals surface area contributed by atoms with Gasteiger partial charge in [-0.3, -0.25) is 9.59 Å². The van der Waals surface area contributed by atoms with Gasteiger partial charge in [0.05, 0.1) is 19.9 Å². The zero-order valence-corrected chi connectivity index (χ0v) is 18.6. The maximum Gasteiger partial charge on any atom is 0.303 e. The van der Waals surface area contributed by atoms with E-state index in [1.807, 2.05) is 30.3 Å². The fourth-order valence-corrected chi connectivity index (χ4v) is 4.69. The highest BCUT2D eigenvalue weighted by Gasteiger charge is 2.44. The molecule has 7 heteroatoms. The van der Waals surface area contributed by atoms with Gasteiger partial charge in [-0.25, -0.2) is 0 Å². The van der Waals surface area contributed by atoms with Crippen LogP contribution in [0.4, 0.5) is 5.69 Å². The van der Waals surface area contributed by atoms with Gasteiger partial charge >= 0.3 is 5.97 Å². The summed E-state index contributed by atoms with van der Waals surface area (Å²) in [6.45, 7) is 1.06. The SMILES string of the molecule is COc1cccc(C2(NCCC(=O)N3CC(CCC(=O)O)c4c(OC)cccc43)CC2)c1. The maximum absolute atomic E-state index is 13.1. The number of hydrogen-bond acceptors (Lipinski definition) is 5. The molecule has 2 aromatic carbocycles. The normalized spacial score (nSPS) is 18.2. The molecule has 2 aromatic rings. The van der Waals surface area contributed by atoms with E-state index in [0.717, 1.165) is 29.8 Å². The minimum absolute atomic E-state index is 0.0336. The van der Waals surface area contributed by atoms with E-state index >= 15 is 0 Å². The first-order valence-corrected chi connectivity index (χ1v) is 11.1. The van der Waals surface area contributed by atoms with Gasteiger partial charge in [0, 0.05) is 43.0 Å². The molecular weight excluding hydrogens is 408 g/mol. The van der Waals surface area contributed by atoms with E-state index in [4.69, 9.17) is 14.6 Å². The lowest BCUT2D eigenvalue weighted by atomic mass is 9.95. The highest BCUT2D eigenvalue weighted by atomic mass is 16.5. The standard InChI is InChI=1S/C25H30N2O5/c1-31-19-6-3-5-18(15-19)25(12-13-25)26-14-11-22(28)27-16-17(9-10-23(29)30)24-20(27)7-4-8-21(24)32-2/h3-8,15,17,26H,9-14,16H2,1-2H3,(H,29,30). The Kier molecular flexibility index (Phi) is 6.37. The van der Waals surface area contributed by atoms with E-state index in [9.17, 15) is 9.59 Å². The maximum atomic E-state index is 13.1. The lowest BCUT2D eigenvalue weighted by Gasteiger charge is -2.21. The van der Waals surface area contributed by atoms with Gasteiger partial charge in [0.2, 0.25) is 5.91 Å². The van der Waals surface area contributed by atoms with Crippen molar-refractivity contribution in [2.24, 2.45) is 0 Å². The van der Waals surface area contributed by atoms with E-state index in [1.54, 1.807) is 19.1 Å². The summed E-state index contributed by atoms with van der Waals surface area (Å²) in [6, 6.07) is 13.7. The number of nitrogens with zero attached hydrogens (tertiary/aromatic N) is 1. The number of fused-ring (bicyclic) bond motifs is 1. The Morgan fingerprint density at radius 2 is 1.91 bits per heavy atom. The van der Waals surface area contributed by atoms with Gasteiger partial charge in [-0.2, -0.15) is 0 Å². The zero-order valence-electron chi connectivity index (χ0n) is 18.6. The fourth-order valence-electron chi connectivity index (χ4n) is 4.69. The third kappa shape index (κ3) is 4.43. The smallest absolute Gasteiger partial charge is 0.303 e. The fraction of sp³-hybridized carbons (Fsp3) is 0.440. The summed E-state index contributed by atoms with van der Waals surface area (Å²) in [6.07, 6.45) is 2.98. The van der Waals surface area contributed by atoms with Gasteiger partial charge in [0.1, 0.15) is 11.5 Å². The summed E-state index contributed by atoms with van der Waals surface area (Å²) in [5.74, 6) is 0.706. The number of rotatable bonds is 10. The summed E-state index contributed by atoms with van der Waals surface area (Å²) in [7, 11) is 3.27. The van der Waals surface area contributed by atoms with Crippen molar-refractivity contribution in [1.29, 1.82) is 0 Å². The molecule has 0 radical (unpaired) electrons. The number of carbonyl (C=O) groups excluding carboxylic acids is 1. The number of carboxylic acid groups (broad SMARTS) is 1. The van der Waals surface area contributed by atoms with E-state index in [-0.39, 0.29) is 23.8 Å². The van der Waals surface area contributed by atoms with Crippen molar-refractivity contribution < 1.29 is 24.2 Å². The van der Waals surface area contributed by atoms with Crippen molar-refractivity contribution in [1.82, 2.24) is 5.32 Å². The van der Waals surface area contributed by atoms with Crippen molar-refractivity contribution >= 4 is 17.6 Å². The second-order valence-corrected chi connectivity index (χ2v) is 8.52. The number of anilines is 1. The Hall–Kier alpha value is -3.06. The summed E-state index contributed by atoms with van der Waals surface area (Å²) in [5.41, 5.74) is 2.88. The molecule has 1 amide bonds. The van der Waals surface area contributed by atoms with Crippen LogP contribution in [0.1, 0.15) is 49.1 Å². The van der Waals surface area contributed by atoms with E-state index in [0.29, 0.717) is 31.7 Å². The Balaban J connectivity index is 1.42. The van der Waals surface area contributed by atoms with Crippen LogP contribution in [0.5, 0.6) is 11.5 Å². The third-order valence-electron chi connectivity index (χ3n) is 6.55. The minimum atomic E-state index is -0.831. The van der Waals surface area contributed by atoms with Crippen LogP contribution in [0.2, 0.25) is 0 Å². The molecule has 1 unspecified atom stereocenters. The average molecular weight is 439 g/mol. The Bertz CT molecular complexity index is 1000. The van der Waals surface area contributed by atoms with Crippen LogP contribution in [0.25, 0.3) is 0 Å². The second-order valence-electron chi connectivity index (χ2n) is 8.52. The molecule has 1 aliphatic carbocycles. The average Bonchev–Trinajstić information content (AvgIpc) is 3.50. The van der Waals surface area contributed by atoms with Crippen LogP contribution >= 0.6 is 0 Å². The molecule has 1 saturated carbocycles. The predicted molar refractivity (Wildman–Crippen MR) is 121 cm³/mol. The highest BCUT2D eigenvalue weighted by Crippen LogP contribution is 2.47. The first-order chi connectivity index (χ1) is 15.5. The first-order valence-electron chi connectivity index (χ1n) is 11.1. The molecule has 7 nitrogen and oxygen atoms in total. The minimum Gasteiger partial charge on any atom is -0.497 e. The lowest BCUT2D eigenvalue weighted by molar-refractivity contribution is -0.137. The van der Waals surface area contributed by atoms with E-state index in [2.05, 4.69) is 17.4 Å². The second kappa shape index (κ2) is 9.20. The number of carboxylic acids is 1. The van der Waals surface area contributed by atoms with Crippen LogP contribution in [-0.4, -0.2) is 44.3 Å². The summed E-state index contributed by atoms with van der Waals surface area (Å²) < 4.78 is 10.9. The number of hydrogen-bond donors (Lipinski definition) is 2. The van der Waals surface area contributed by atoms with Gasteiger partial charge < -0.3 is 24.8 Å². The van der Waals surface area contributed by atoms with Gasteiger partial charge in [0.15, 0.2) is 0 Å². The van der Waals surface area contributed by atoms with Crippen molar-refractivity contribution in [2.45, 2.75) is 43.6 Å². The van der Waals surface area contributed by atoms with Crippen molar-refractivity contribution in [2.75, 3.05) is 32.2 Å². The molecule has 0 bridgehead atoms. The number of amides is 1. The molecule has 1 aliphatic heterocycles. The van der Waals surface area contributed by atoms with Gasteiger partial charge in [-0.05, 0) is 49.1 Å². The molecule has 0 spiro atoms. The van der Waals surface area contributed by atoms with Crippen LogP contribution in [0, 0.1) is 0 Å². The topological polar surface area (TPSA) is 88.1 Å². The number of carbonyl (C=O) groups is 2. The van der Waals surface area contributed by atoms with Gasteiger partial charge in [0.25, 0.3) is 0 Å². The number of ether oxygens (including phenoxy) is 2. The number of benzene rings is 2. The predicted octanol–water partition coefficient (Wildman–Crippen LogP) is 3.67. The quantitative estimate of drug-likeness (QED) is 0.589. The van der Waals surface area contributed by atoms with Crippen LogP contribution in [0.3, 0.4) is 0 Å². The van der Waals surface area contributed by atoms with Gasteiger partial charge in [-0.1, -0.05) is 18.2 Å². The lowest BCUT2D eigenvalue weighted by Crippen LogP contribution is -2.35. The van der Waals surface area contributed by atoms with Crippen molar-refractivity contribution in [3.8, 4) is 11.5 Å². The van der Waals surface area contributed by atoms with E-state index in [1.165, 1.54) is 5.56 Å². The number of methoxy groups -OCH3 is 2. The Morgan fingerprint density at radius 3 is 2.59 bits per heavy atom. The molecule has 1 heterocycles. The molecule has 0 aromatic heterocycles. The van der Waals surface area contributed by atoms with Crippen LogP contribution in [-0.2, 0) is 15.1 Å². The molecule has 170 valence electrons. The van der Waals surface area contributed by atoms with Gasteiger partial charge in [-0.15, -0.1) is 0 Å². The van der Waals surface area contributed by atoms with Crippen molar-refractivity contribution in [3.05, 3.63) is 53.6 Å². The monoisotopic (exact) mass is 438 g/mol. The molecule has 32 heavy (non-hydrogen) atoms. The summed E-state index contributed by atoms with van der Waals surface area (Å²) >= 11 is 0. The molecule has 2 N–H and O–H groups in total. The molecular formula is C25H30N2O5. The van der Waals surface area contributed by atoms with Crippen molar-refractivity contribution in [3.63, 3.8) is 0 Å². The Morgan fingerprint density at radius 1 is 1.12 bits per heavy atom. The molecule has 4 rings (SSSR count). The third-order valence-corrected chi connectivity index (χ3v) is 6.55. The van der Waals surface area contributed by atoms with Crippen LogP contribution < -0.4 is 19.7 Å². The molecule has 1 fully saturated rings.